The van der Waals surface area contributed by atoms with E-state index in [-0.39, 0.29) is 5.91 Å². The number of carbonyl (C=O) groups is 1. The molecule has 1 saturated heterocycles. The van der Waals surface area contributed by atoms with E-state index < -0.39 is 0 Å². The Hall–Kier alpha value is -1.55. The average molecular weight is 219 g/mol. The van der Waals surface area contributed by atoms with Gasteiger partial charge in [-0.25, -0.2) is 0 Å². The minimum absolute atomic E-state index is 0.0533. The van der Waals surface area contributed by atoms with Gasteiger partial charge in [0.25, 0.3) is 0 Å². The SMILES string of the molecule is O=C(CNc1ccccc1)NC1CCNC1. The summed E-state index contributed by atoms with van der Waals surface area (Å²) in [6, 6.07) is 10.0. The van der Waals surface area contributed by atoms with Gasteiger partial charge in [0, 0.05) is 18.3 Å². The third-order valence-electron chi connectivity index (χ3n) is 2.65. The highest BCUT2D eigenvalue weighted by molar-refractivity contribution is 5.81. The first-order valence-electron chi connectivity index (χ1n) is 5.63. The summed E-state index contributed by atoms with van der Waals surface area (Å²) >= 11 is 0. The van der Waals surface area contributed by atoms with Crippen molar-refractivity contribution in [1.82, 2.24) is 10.6 Å². The van der Waals surface area contributed by atoms with Gasteiger partial charge in [0.05, 0.1) is 6.54 Å². The molecule has 0 spiro atoms. The highest BCUT2D eigenvalue weighted by Gasteiger charge is 2.15. The predicted octanol–water partition coefficient (Wildman–Crippen LogP) is 0.577. The Balaban J connectivity index is 1.71. The van der Waals surface area contributed by atoms with Crippen molar-refractivity contribution in [3.8, 4) is 0 Å². The van der Waals surface area contributed by atoms with Crippen LogP contribution in [0.4, 0.5) is 5.69 Å². The lowest BCUT2D eigenvalue weighted by Gasteiger charge is -2.12. The molecule has 1 heterocycles. The molecule has 1 amide bonds. The van der Waals surface area contributed by atoms with Crippen molar-refractivity contribution in [3.05, 3.63) is 30.3 Å². The zero-order chi connectivity index (χ0) is 11.2. The van der Waals surface area contributed by atoms with E-state index in [0.717, 1.165) is 25.2 Å². The number of hydrogen-bond acceptors (Lipinski definition) is 3. The molecular weight excluding hydrogens is 202 g/mol. The molecule has 1 aliphatic rings. The second-order valence-electron chi connectivity index (χ2n) is 3.98. The molecule has 1 aromatic carbocycles. The van der Waals surface area contributed by atoms with Crippen LogP contribution in [0.3, 0.4) is 0 Å². The molecule has 2 rings (SSSR count). The molecule has 3 N–H and O–H groups in total. The van der Waals surface area contributed by atoms with E-state index in [1.165, 1.54) is 0 Å². The Morgan fingerprint density at radius 1 is 1.38 bits per heavy atom. The van der Waals surface area contributed by atoms with Crippen LogP contribution in [0, 0.1) is 0 Å². The van der Waals surface area contributed by atoms with Gasteiger partial charge in [-0.2, -0.15) is 0 Å². The number of anilines is 1. The van der Waals surface area contributed by atoms with Crippen molar-refractivity contribution in [3.63, 3.8) is 0 Å². The van der Waals surface area contributed by atoms with Crippen molar-refractivity contribution < 1.29 is 4.79 Å². The van der Waals surface area contributed by atoms with E-state index in [1.807, 2.05) is 30.3 Å². The lowest BCUT2D eigenvalue weighted by Crippen LogP contribution is -2.39. The summed E-state index contributed by atoms with van der Waals surface area (Å²) in [6.45, 7) is 2.22. The maximum absolute atomic E-state index is 11.6. The predicted molar refractivity (Wildman–Crippen MR) is 64.3 cm³/mol. The fraction of sp³-hybridized carbons (Fsp3) is 0.417. The van der Waals surface area contributed by atoms with Crippen LogP contribution in [-0.4, -0.2) is 31.6 Å². The normalized spacial score (nSPS) is 19.4. The van der Waals surface area contributed by atoms with E-state index in [1.54, 1.807) is 0 Å². The molecule has 4 nitrogen and oxygen atoms in total. The maximum atomic E-state index is 11.6. The zero-order valence-electron chi connectivity index (χ0n) is 9.20. The monoisotopic (exact) mass is 219 g/mol. The molecule has 1 aliphatic heterocycles. The first kappa shape index (κ1) is 11.0. The van der Waals surface area contributed by atoms with Crippen LogP contribution in [0.5, 0.6) is 0 Å². The standard InChI is InChI=1S/C12H17N3O/c16-12(15-11-6-7-13-8-11)9-14-10-4-2-1-3-5-10/h1-5,11,13-14H,6-9H2,(H,15,16). The van der Waals surface area contributed by atoms with Gasteiger partial charge in [0.2, 0.25) is 5.91 Å². The Morgan fingerprint density at radius 2 is 2.19 bits per heavy atom. The maximum Gasteiger partial charge on any atom is 0.239 e. The largest absolute Gasteiger partial charge is 0.376 e. The lowest BCUT2D eigenvalue weighted by atomic mass is 10.2. The van der Waals surface area contributed by atoms with Gasteiger partial charge in [-0.1, -0.05) is 18.2 Å². The highest BCUT2D eigenvalue weighted by Crippen LogP contribution is 2.04. The van der Waals surface area contributed by atoms with Gasteiger partial charge in [0.15, 0.2) is 0 Å². The molecule has 1 fully saturated rings. The van der Waals surface area contributed by atoms with E-state index in [0.29, 0.717) is 12.6 Å². The van der Waals surface area contributed by atoms with Gasteiger partial charge in [-0.3, -0.25) is 4.79 Å². The molecule has 0 radical (unpaired) electrons. The molecule has 0 bridgehead atoms. The summed E-state index contributed by atoms with van der Waals surface area (Å²) < 4.78 is 0. The zero-order valence-corrected chi connectivity index (χ0v) is 9.20. The van der Waals surface area contributed by atoms with Crippen molar-refractivity contribution in [2.45, 2.75) is 12.5 Å². The third-order valence-corrected chi connectivity index (χ3v) is 2.65. The third kappa shape index (κ3) is 3.24. The van der Waals surface area contributed by atoms with Crippen molar-refractivity contribution >= 4 is 11.6 Å². The molecule has 0 aliphatic carbocycles. The van der Waals surface area contributed by atoms with Crippen LogP contribution in [-0.2, 0) is 4.79 Å². The van der Waals surface area contributed by atoms with E-state index >= 15 is 0 Å². The number of hydrogen-bond donors (Lipinski definition) is 3. The average Bonchev–Trinajstić information content (AvgIpc) is 2.81. The van der Waals surface area contributed by atoms with Gasteiger partial charge < -0.3 is 16.0 Å². The molecular formula is C12H17N3O. The molecule has 16 heavy (non-hydrogen) atoms. The fourth-order valence-corrected chi connectivity index (χ4v) is 1.79. The second-order valence-corrected chi connectivity index (χ2v) is 3.98. The molecule has 1 aromatic rings. The van der Waals surface area contributed by atoms with E-state index in [4.69, 9.17) is 0 Å². The molecule has 0 saturated carbocycles. The minimum atomic E-state index is 0.0533. The summed E-state index contributed by atoms with van der Waals surface area (Å²) in [5, 5.41) is 9.29. The number of rotatable bonds is 4. The Bertz CT molecular complexity index is 333. The number of amides is 1. The first-order valence-corrected chi connectivity index (χ1v) is 5.63. The number of para-hydroxylation sites is 1. The van der Waals surface area contributed by atoms with Crippen LogP contribution in [0.2, 0.25) is 0 Å². The quantitative estimate of drug-likeness (QED) is 0.694. The van der Waals surface area contributed by atoms with E-state index in [9.17, 15) is 4.79 Å². The van der Waals surface area contributed by atoms with Crippen LogP contribution in [0.25, 0.3) is 0 Å². The van der Waals surface area contributed by atoms with Gasteiger partial charge in [-0.15, -0.1) is 0 Å². The number of benzene rings is 1. The lowest BCUT2D eigenvalue weighted by molar-refractivity contribution is -0.119. The minimum Gasteiger partial charge on any atom is -0.376 e. The smallest absolute Gasteiger partial charge is 0.239 e. The first-order chi connectivity index (χ1) is 7.84. The molecule has 1 unspecified atom stereocenters. The summed E-state index contributed by atoms with van der Waals surface area (Å²) in [4.78, 5) is 11.6. The molecule has 4 heteroatoms. The van der Waals surface area contributed by atoms with Crippen molar-refractivity contribution in [2.24, 2.45) is 0 Å². The summed E-state index contributed by atoms with van der Waals surface area (Å²) in [5.41, 5.74) is 0.974. The summed E-state index contributed by atoms with van der Waals surface area (Å²) in [7, 11) is 0. The Labute approximate surface area is 95.4 Å². The number of carbonyl (C=O) groups excluding carboxylic acids is 1. The fourth-order valence-electron chi connectivity index (χ4n) is 1.79. The van der Waals surface area contributed by atoms with E-state index in [2.05, 4.69) is 16.0 Å². The summed E-state index contributed by atoms with van der Waals surface area (Å²) in [5.74, 6) is 0.0533. The summed E-state index contributed by atoms with van der Waals surface area (Å²) in [6.07, 6.45) is 1.02. The molecule has 1 atom stereocenters. The Morgan fingerprint density at radius 3 is 2.88 bits per heavy atom. The van der Waals surface area contributed by atoms with Crippen LogP contribution in [0.1, 0.15) is 6.42 Å². The molecule has 0 aromatic heterocycles. The highest BCUT2D eigenvalue weighted by atomic mass is 16.2. The Kier molecular flexibility index (Phi) is 3.77. The van der Waals surface area contributed by atoms with Gasteiger partial charge >= 0.3 is 0 Å². The second kappa shape index (κ2) is 5.51. The molecule has 86 valence electrons. The van der Waals surface area contributed by atoms with Gasteiger partial charge in [-0.05, 0) is 25.1 Å². The van der Waals surface area contributed by atoms with Crippen LogP contribution >= 0.6 is 0 Å². The van der Waals surface area contributed by atoms with Crippen molar-refractivity contribution in [2.75, 3.05) is 25.0 Å². The van der Waals surface area contributed by atoms with Crippen LogP contribution in [0.15, 0.2) is 30.3 Å². The van der Waals surface area contributed by atoms with Gasteiger partial charge in [0.1, 0.15) is 0 Å². The number of nitrogens with one attached hydrogen (secondary N) is 3. The van der Waals surface area contributed by atoms with Crippen LogP contribution < -0.4 is 16.0 Å². The topological polar surface area (TPSA) is 53.2 Å². The van der Waals surface area contributed by atoms with Crippen molar-refractivity contribution in [1.29, 1.82) is 0 Å².